The number of ether oxygens (including phenoxy) is 1. The van der Waals surface area contributed by atoms with Crippen molar-refractivity contribution in [3.05, 3.63) is 52.6 Å². The van der Waals surface area contributed by atoms with Crippen molar-refractivity contribution in [2.45, 2.75) is 24.9 Å². The van der Waals surface area contributed by atoms with Gasteiger partial charge >= 0.3 is 12.0 Å². The highest BCUT2D eigenvalue weighted by Gasteiger charge is 2.35. The van der Waals surface area contributed by atoms with E-state index in [0.717, 1.165) is 22.7 Å². The molecular formula is C19H23ClN4O3S. The van der Waals surface area contributed by atoms with E-state index < -0.39 is 12.0 Å². The Labute approximate surface area is 173 Å². The number of hydrogen-bond donors (Lipinski definition) is 2. The zero-order valence-electron chi connectivity index (χ0n) is 15.8. The Morgan fingerprint density at radius 1 is 1.43 bits per heavy atom. The van der Waals surface area contributed by atoms with E-state index >= 15 is 0 Å². The molecule has 0 saturated carbocycles. The number of aromatic amines is 1. The van der Waals surface area contributed by atoms with Crippen LogP contribution >= 0.6 is 23.4 Å². The fourth-order valence-electron chi connectivity index (χ4n) is 3.34. The number of H-pyrrole nitrogens is 1. The molecule has 2 atom stereocenters. The maximum Gasteiger partial charge on any atom is 0.328 e. The summed E-state index contributed by atoms with van der Waals surface area (Å²) in [7, 11) is 1.33. The molecule has 9 heteroatoms. The molecule has 28 heavy (non-hydrogen) atoms. The number of imidazole rings is 1. The minimum Gasteiger partial charge on any atom is -0.467 e. The fourth-order valence-corrected chi connectivity index (χ4v) is 3.93. The first-order valence-electron chi connectivity index (χ1n) is 8.96. The van der Waals surface area contributed by atoms with Gasteiger partial charge in [-0.05, 0) is 36.1 Å². The number of esters is 1. The SMILES string of the molecule is COC(=O)[C@H](CCSC)NC(=O)N1CCc2[nH]cnc2[C@H]1c1ccc(Cl)cc1. The number of thioether (sulfide) groups is 1. The smallest absolute Gasteiger partial charge is 0.328 e. The summed E-state index contributed by atoms with van der Waals surface area (Å²) in [5.74, 6) is 0.299. The maximum atomic E-state index is 13.1. The minimum atomic E-state index is -0.684. The lowest BCUT2D eigenvalue weighted by Gasteiger charge is -2.36. The Morgan fingerprint density at radius 3 is 2.86 bits per heavy atom. The van der Waals surface area contributed by atoms with Gasteiger partial charge in [0.15, 0.2) is 0 Å². The first-order valence-corrected chi connectivity index (χ1v) is 10.7. The Hall–Kier alpha value is -2.19. The van der Waals surface area contributed by atoms with Crippen LogP contribution in [0.15, 0.2) is 30.6 Å². The van der Waals surface area contributed by atoms with Crippen LogP contribution in [0.2, 0.25) is 5.02 Å². The molecule has 2 heterocycles. The maximum absolute atomic E-state index is 13.1. The largest absolute Gasteiger partial charge is 0.467 e. The standard InChI is InChI=1S/C19H23ClN4O3S/c1-27-18(25)15(8-10-28-2)23-19(26)24-9-7-14-16(22-11-21-14)17(24)12-3-5-13(20)6-4-12/h3-6,11,15,17H,7-10H2,1-2H3,(H,21,22)(H,23,26)/t15-,17+/m0/s1. The minimum absolute atomic E-state index is 0.315. The van der Waals surface area contributed by atoms with E-state index in [-0.39, 0.29) is 12.1 Å². The molecule has 1 aliphatic heterocycles. The number of hydrogen-bond acceptors (Lipinski definition) is 5. The first-order chi connectivity index (χ1) is 13.5. The van der Waals surface area contributed by atoms with Gasteiger partial charge in [0.2, 0.25) is 0 Å². The van der Waals surface area contributed by atoms with Crippen LogP contribution < -0.4 is 5.32 Å². The molecule has 3 rings (SSSR count). The first kappa shape index (κ1) is 20.5. The van der Waals surface area contributed by atoms with E-state index in [1.165, 1.54) is 7.11 Å². The lowest BCUT2D eigenvalue weighted by Crippen LogP contribution is -2.51. The third-order valence-corrected chi connectivity index (χ3v) is 5.66. The summed E-state index contributed by atoms with van der Waals surface area (Å²) in [6.07, 6.45) is 4.77. The van der Waals surface area contributed by atoms with Crippen LogP contribution in [-0.4, -0.2) is 58.6 Å². The number of halogens is 1. The number of carbonyl (C=O) groups is 2. The molecule has 150 valence electrons. The van der Waals surface area contributed by atoms with Gasteiger partial charge < -0.3 is 19.9 Å². The Bertz CT molecular complexity index is 827. The molecule has 7 nitrogen and oxygen atoms in total. The highest BCUT2D eigenvalue weighted by Crippen LogP contribution is 2.33. The van der Waals surface area contributed by atoms with Crippen LogP contribution in [0, 0.1) is 0 Å². The van der Waals surface area contributed by atoms with Gasteiger partial charge in [0.25, 0.3) is 0 Å². The second-order valence-corrected chi connectivity index (χ2v) is 7.89. The summed E-state index contributed by atoms with van der Waals surface area (Å²) in [5, 5.41) is 3.47. The van der Waals surface area contributed by atoms with E-state index in [4.69, 9.17) is 16.3 Å². The normalized spacial score (nSPS) is 17.0. The van der Waals surface area contributed by atoms with Gasteiger partial charge in [0, 0.05) is 23.7 Å². The predicted octanol–water partition coefficient (Wildman–Crippen LogP) is 3.01. The summed E-state index contributed by atoms with van der Waals surface area (Å²) in [5.41, 5.74) is 2.73. The molecule has 1 aliphatic rings. The zero-order valence-corrected chi connectivity index (χ0v) is 17.3. The van der Waals surface area contributed by atoms with Crippen molar-refractivity contribution in [1.29, 1.82) is 0 Å². The molecule has 2 amide bonds. The van der Waals surface area contributed by atoms with Crippen molar-refractivity contribution in [2.24, 2.45) is 0 Å². The third kappa shape index (κ3) is 4.44. The second-order valence-electron chi connectivity index (χ2n) is 6.47. The number of fused-ring (bicyclic) bond motifs is 1. The number of methoxy groups -OCH3 is 1. The molecule has 1 aromatic heterocycles. The Morgan fingerprint density at radius 2 is 2.18 bits per heavy atom. The number of urea groups is 1. The summed E-state index contributed by atoms with van der Waals surface area (Å²) in [6.45, 7) is 0.505. The Balaban J connectivity index is 1.86. The monoisotopic (exact) mass is 422 g/mol. The molecule has 0 fully saturated rings. The summed E-state index contributed by atoms with van der Waals surface area (Å²) in [6, 6.07) is 6.02. The van der Waals surface area contributed by atoms with Gasteiger partial charge in [-0.2, -0.15) is 11.8 Å². The molecule has 0 spiro atoms. The topological polar surface area (TPSA) is 87.3 Å². The molecule has 0 unspecified atom stereocenters. The van der Waals surface area contributed by atoms with Crippen molar-refractivity contribution >= 4 is 35.4 Å². The van der Waals surface area contributed by atoms with Gasteiger partial charge in [0.1, 0.15) is 12.1 Å². The molecule has 0 bridgehead atoms. The third-order valence-electron chi connectivity index (χ3n) is 4.77. The lowest BCUT2D eigenvalue weighted by molar-refractivity contribution is -0.142. The van der Waals surface area contributed by atoms with Gasteiger partial charge in [0.05, 0.1) is 19.1 Å². The fraction of sp³-hybridized carbons (Fsp3) is 0.421. The van der Waals surface area contributed by atoms with E-state index in [9.17, 15) is 9.59 Å². The van der Waals surface area contributed by atoms with Crippen molar-refractivity contribution in [2.75, 3.05) is 25.7 Å². The molecule has 0 saturated heterocycles. The number of aromatic nitrogens is 2. The number of benzene rings is 1. The lowest BCUT2D eigenvalue weighted by atomic mass is 9.96. The molecule has 2 N–H and O–H groups in total. The van der Waals surface area contributed by atoms with Crippen molar-refractivity contribution in [3.8, 4) is 0 Å². The number of amides is 2. The van der Waals surface area contributed by atoms with Crippen LogP contribution in [0.4, 0.5) is 4.79 Å². The van der Waals surface area contributed by atoms with Crippen LogP contribution in [0.25, 0.3) is 0 Å². The van der Waals surface area contributed by atoms with E-state index in [1.807, 2.05) is 18.4 Å². The van der Waals surface area contributed by atoms with Gasteiger partial charge in [-0.1, -0.05) is 23.7 Å². The van der Waals surface area contributed by atoms with Crippen LogP contribution in [0.5, 0.6) is 0 Å². The van der Waals surface area contributed by atoms with E-state index in [0.29, 0.717) is 24.4 Å². The second kappa shape index (κ2) is 9.34. The van der Waals surface area contributed by atoms with E-state index in [1.54, 1.807) is 35.1 Å². The summed E-state index contributed by atoms with van der Waals surface area (Å²) >= 11 is 7.64. The van der Waals surface area contributed by atoms with Crippen LogP contribution in [-0.2, 0) is 16.0 Å². The number of carbonyl (C=O) groups excluding carboxylic acids is 2. The molecule has 1 aromatic carbocycles. The number of rotatable bonds is 6. The molecule has 0 radical (unpaired) electrons. The average Bonchev–Trinajstić information content (AvgIpc) is 3.19. The van der Waals surface area contributed by atoms with Crippen molar-refractivity contribution in [1.82, 2.24) is 20.2 Å². The zero-order chi connectivity index (χ0) is 20.1. The summed E-state index contributed by atoms with van der Waals surface area (Å²) in [4.78, 5) is 34.5. The quantitative estimate of drug-likeness (QED) is 0.699. The van der Waals surface area contributed by atoms with Crippen molar-refractivity contribution < 1.29 is 14.3 Å². The summed E-state index contributed by atoms with van der Waals surface area (Å²) < 4.78 is 4.85. The predicted molar refractivity (Wildman–Crippen MR) is 110 cm³/mol. The van der Waals surface area contributed by atoms with E-state index in [2.05, 4.69) is 15.3 Å². The van der Waals surface area contributed by atoms with Crippen LogP contribution in [0.1, 0.15) is 29.4 Å². The van der Waals surface area contributed by atoms with Crippen LogP contribution in [0.3, 0.4) is 0 Å². The molecular weight excluding hydrogens is 400 g/mol. The van der Waals surface area contributed by atoms with Gasteiger partial charge in [-0.15, -0.1) is 0 Å². The molecule has 0 aliphatic carbocycles. The number of nitrogens with zero attached hydrogens (tertiary/aromatic N) is 2. The van der Waals surface area contributed by atoms with Crippen molar-refractivity contribution in [3.63, 3.8) is 0 Å². The van der Waals surface area contributed by atoms with Gasteiger partial charge in [-0.25, -0.2) is 14.6 Å². The number of nitrogens with one attached hydrogen (secondary N) is 2. The Kier molecular flexibility index (Phi) is 6.85. The highest BCUT2D eigenvalue weighted by molar-refractivity contribution is 7.98. The molecule has 2 aromatic rings. The van der Waals surface area contributed by atoms with Gasteiger partial charge in [-0.3, -0.25) is 0 Å². The average molecular weight is 423 g/mol. The highest BCUT2D eigenvalue weighted by atomic mass is 35.5.